The van der Waals surface area contributed by atoms with Crippen molar-refractivity contribution < 1.29 is 22.3 Å². The minimum atomic E-state index is -3.00. The van der Waals surface area contributed by atoms with Gasteiger partial charge in [0, 0.05) is 22.1 Å². The van der Waals surface area contributed by atoms with Gasteiger partial charge < -0.3 is 5.11 Å². The summed E-state index contributed by atoms with van der Waals surface area (Å²) in [5, 5.41) is 14.5. The monoisotopic (exact) mass is 389 g/mol. The van der Waals surface area contributed by atoms with Crippen LogP contribution in [0.2, 0.25) is 0 Å². The van der Waals surface area contributed by atoms with Crippen LogP contribution in [0.4, 0.5) is 8.78 Å². The standard InChI is InChI=1S/C15H17F2N3O3S2/c1-10(24-12-5-25(22,23)6-12)15(21,7-20-9-18-8-19-20)13-3-2-11(16)4-14(13)17/h2-4,8-10,12,21H,5-7H2,1H3. The van der Waals surface area contributed by atoms with Crippen LogP contribution in [0.25, 0.3) is 0 Å². The van der Waals surface area contributed by atoms with Gasteiger partial charge >= 0.3 is 0 Å². The van der Waals surface area contributed by atoms with Gasteiger partial charge in [-0.1, -0.05) is 13.0 Å². The van der Waals surface area contributed by atoms with E-state index in [1.165, 1.54) is 35.2 Å². The second-order valence-electron chi connectivity index (χ2n) is 6.12. The van der Waals surface area contributed by atoms with Gasteiger partial charge in [-0.3, -0.25) is 0 Å². The van der Waals surface area contributed by atoms with Crippen molar-refractivity contribution in [2.75, 3.05) is 11.5 Å². The van der Waals surface area contributed by atoms with E-state index in [0.29, 0.717) is 6.07 Å². The van der Waals surface area contributed by atoms with Crippen molar-refractivity contribution >= 4 is 21.6 Å². The molecule has 0 saturated carbocycles. The lowest BCUT2D eigenvalue weighted by atomic mass is 9.90. The molecular weight excluding hydrogens is 372 g/mol. The van der Waals surface area contributed by atoms with Gasteiger partial charge in [0.25, 0.3) is 0 Å². The molecule has 1 aromatic heterocycles. The van der Waals surface area contributed by atoms with Crippen LogP contribution in [0.1, 0.15) is 12.5 Å². The summed E-state index contributed by atoms with van der Waals surface area (Å²) in [6, 6.07) is 3.00. The molecule has 6 nitrogen and oxygen atoms in total. The molecule has 1 aliphatic rings. The van der Waals surface area contributed by atoms with E-state index in [1.54, 1.807) is 6.92 Å². The van der Waals surface area contributed by atoms with E-state index in [-0.39, 0.29) is 28.9 Å². The number of aliphatic hydroxyl groups is 1. The first-order chi connectivity index (χ1) is 11.7. The third-order valence-corrected chi connectivity index (χ3v) is 7.97. The Kier molecular flexibility index (Phi) is 4.86. The lowest BCUT2D eigenvalue weighted by Gasteiger charge is -2.38. The summed E-state index contributed by atoms with van der Waals surface area (Å²) in [5.41, 5.74) is -1.78. The molecule has 2 heterocycles. The number of aromatic nitrogens is 3. The Morgan fingerprint density at radius 3 is 2.72 bits per heavy atom. The van der Waals surface area contributed by atoms with E-state index in [9.17, 15) is 22.3 Å². The van der Waals surface area contributed by atoms with Crippen LogP contribution in [0.15, 0.2) is 30.9 Å². The highest BCUT2D eigenvalue weighted by atomic mass is 32.2. The number of thioether (sulfide) groups is 1. The van der Waals surface area contributed by atoms with Crippen molar-refractivity contribution in [2.24, 2.45) is 0 Å². The fourth-order valence-electron chi connectivity index (χ4n) is 2.83. The molecule has 3 rings (SSSR count). The summed E-state index contributed by atoms with van der Waals surface area (Å²) in [6.07, 6.45) is 2.68. The molecule has 2 unspecified atom stereocenters. The van der Waals surface area contributed by atoms with Gasteiger partial charge in [0.15, 0.2) is 9.84 Å². The summed E-state index contributed by atoms with van der Waals surface area (Å²) >= 11 is 1.27. The Morgan fingerprint density at radius 2 is 2.16 bits per heavy atom. The molecule has 0 aliphatic carbocycles. The van der Waals surface area contributed by atoms with E-state index < -0.39 is 32.3 Å². The Morgan fingerprint density at radius 1 is 1.44 bits per heavy atom. The zero-order chi connectivity index (χ0) is 18.2. The van der Waals surface area contributed by atoms with Gasteiger partial charge in [-0.15, -0.1) is 11.8 Å². The lowest BCUT2D eigenvalue weighted by molar-refractivity contribution is 0.0132. The first kappa shape index (κ1) is 18.3. The first-order valence-electron chi connectivity index (χ1n) is 7.56. The third kappa shape index (κ3) is 3.85. The molecule has 0 spiro atoms. The first-order valence-corrected chi connectivity index (χ1v) is 10.3. The molecule has 10 heteroatoms. The summed E-state index contributed by atoms with van der Waals surface area (Å²) in [6.45, 7) is 1.60. The molecule has 0 bridgehead atoms. The molecule has 1 N–H and O–H groups in total. The second kappa shape index (κ2) is 6.65. The van der Waals surface area contributed by atoms with E-state index in [2.05, 4.69) is 10.1 Å². The fourth-order valence-corrected chi connectivity index (χ4v) is 6.74. The number of rotatable bonds is 6. The highest BCUT2D eigenvalue weighted by Gasteiger charge is 2.43. The van der Waals surface area contributed by atoms with Crippen molar-refractivity contribution in [1.82, 2.24) is 14.8 Å². The number of sulfone groups is 1. The van der Waals surface area contributed by atoms with Crippen LogP contribution in [0, 0.1) is 11.6 Å². The molecule has 1 aliphatic heterocycles. The molecule has 136 valence electrons. The van der Waals surface area contributed by atoms with Crippen LogP contribution in [0.3, 0.4) is 0 Å². The number of nitrogens with zero attached hydrogens (tertiary/aromatic N) is 3. The number of halogens is 2. The summed E-state index contributed by atoms with van der Waals surface area (Å²) in [4.78, 5) is 3.80. The molecule has 1 fully saturated rings. The van der Waals surface area contributed by atoms with Crippen LogP contribution >= 0.6 is 11.8 Å². The molecule has 1 aromatic carbocycles. The van der Waals surface area contributed by atoms with E-state index in [4.69, 9.17) is 0 Å². The second-order valence-corrected chi connectivity index (χ2v) is 9.92. The van der Waals surface area contributed by atoms with Crippen molar-refractivity contribution in [2.45, 2.75) is 29.6 Å². The quantitative estimate of drug-likeness (QED) is 0.803. The zero-order valence-corrected chi connectivity index (χ0v) is 15.0. The van der Waals surface area contributed by atoms with Crippen molar-refractivity contribution in [1.29, 1.82) is 0 Å². The number of hydrogen-bond donors (Lipinski definition) is 1. The predicted molar refractivity (Wildman–Crippen MR) is 89.8 cm³/mol. The topological polar surface area (TPSA) is 85.1 Å². The van der Waals surface area contributed by atoms with Gasteiger partial charge in [0.1, 0.15) is 29.9 Å². The van der Waals surface area contributed by atoms with E-state index in [0.717, 1.165) is 6.07 Å². The molecule has 1 saturated heterocycles. The van der Waals surface area contributed by atoms with E-state index >= 15 is 0 Å². The highest BCUT2D eigenvalue weighted by molar-refractivity contribution is 8.04. The minimum Gasteiger partial charge on any atom is -0.382 e. The van der Waals surface area contributed by atoms with Crippen molar-refractivity contribution in [3.05, 3.63) is 48.1 Å². The number of hydrogen-bond acceptors (Lipinski definition) is 6. The lowest BCUT2D eigenvalue weighted by Crippen LogP contribution is -2.46. The molecule has 25 heavy (non-hydrogen) atoms. The van der Waals surface area contributed by atoms with Crippen molar-refractivity contribution in [3.8, 4) is 0 Å². The van der Waals surface area contributed by atoms with Crippen molar-refractivity contribution in [3.63, 3.8) is 0 Å². The van der Waals surface area contributed by atoms with Crippen LogP contribution < -0.4 is 0 Å². The maximum absolute atomic E-state index is 14.3. The molecule has 2 aromatic rings. The van der Waals surface area contributed by atoms with Gasteiger partial charge in [0.2, 0.25) is 0 Å². The average Bonchev–Trinajstić information content (AvgIpc) is 2.97. The smallest absolute Gasteiger partial charge is 0.152 e. The van der Waals surface area contributed by atoms with Gasteiger partial charge in [0.05, 0.1) is 18.1 Å². The summed E-state index contributed by atoms with van der Waals surface area (Å²) < 4.78 is 51.6. The van der Waals surface area contributed by atoms with E-state index in [1.807, 2.05) is 0 Å². The Labute approximate surface area is 148 Å². The SMILES string of the molecule is CC(SC1CS(=O)(=O)C1)C(O)(Cn1cncn1)c1ccc(F)cc1F. The Hall–Kier alpha value is -1.52. The fraction of sp³-hybridized carbons (Fsp3) is 0.467. The van der Waals surface area contributed by atoms with Gasteiger partial charge in [-0.2, -0.15) is 5.10 Å². The third-order valence-electron chi connectivity index (χ3n) is 4.22. The number of benzene rings is 1. The normalized spacial score (nSPS) is 20.6. The predicted octanol–water partition coefficient (Wildman–Crippen LogP) is 1.36. The largest absolute Gasteiger partial charge is 0.382 e. The van der Waals surface area contributed by atoms with Crippen LogP contribution in [-0.4, -0.2) is 50.3 Å². The summed E-state index contributed by atoms with van der Waals surface area (Å²) in [5.74, 6) is -1.54. The van der Waals surface area contributed by atoms with Crippen LogP contribution in [-0.2, 0) is 22.0 Å². The Bertz CT molecular complexity index is 849. The highest BCUT2D eigenvalue weighted by Crippen LogP contribution is 2.40. The summed E-state index contributed by atoms with van der Waals surface area (Å²) in [7, 11) is -3.00. The van der Waals surface area contributed by atoms with Gasteiger partial charge in [-0.05, 0) is 6.07 Å². The molecule has 0 amide bonds. The molecular formula is C15H17F2N3O3S2. The molecule has 0 radical (unpaired) electrons. The minimum absolute atomic E-state index is 0.0350. The Balaban J connectivity index is 1.90. The molecule has 2 atom stereocenters. The van der Waals surface area contributed by atoms with Gasteiger partial charge in [-0.25, -0.2) is 26.9 Å². The maximum atomic E-state index is 14.3. The zero-order valence-electron chi connectivity index (χ0n) is 13.3. The van der Waals surface area contributed by atoms with Crippen LogP contribution in [0.5, 0.6) is 0 Å². The average molecular weight is 389 g/mol. The maximum Gasteiger partial charge on any atom is 0.152 e.